The van der Waals surface area contributed by atoms with Crippen LogP contribution in [0.2, 0.25) is 0 Å². The fourth-order valence-corrected chi connectivity index (χ4v) is 13.0. The van der Waals surface area contributed by atoms with Crippen LogP contribution < -0.4 is 0 Å². The lowest BCUT2D eigenvalue weighted by Crippen LogP contribution is -2.66. The van der Waals surface area contributed by atoms with Crippen LogP contribution >= 0.6 is 0 Å². The van der Waals surface area contributed by atoms with Crippen LogP contribution in [0.5, 0.6) is 0 Å². The number of aromatic nitrogens is 3. The second-order valence-electron chi connectivity index (χ2n) is 19.8. The number of pyridine rings is 1. The normalized spacial score (nSPS) is 36.2. The lowest BCUT2D eigenvalue weighted by Gasteiger charge is -2.72. The molecule has 2 aromatic heterocycles. The number of carbonyl (C=O) groups is 2. The molecule has 0 radical (unpaired) electrons. The van der Waals surface area contributed by atoms with Gasteiger partial charge in [0.05, 0.1) is 22.8 Å². The highest BCUT2D eigenvalue weighted by atomic mass is 19.4. The summed E-state index contributed by atoms with van der Waals surface area (Å²) in [5.41, 5.74) is 0.741. The summed E-state index contributed by atoms with van der Waals surface area (Å²) in [5, 5.41) is 18.6. The molecule has 8 nitrogen and oxygen atoms in total. The number of esters is 1. The van der Waals surface area contributed by atoms with Gasteiger partial charge < -0.3 is 14.3 Å². The van der Waals surface area contributed by atoms with Crippen LogP contribution in [0.1, 0.15) is 145 Å². The summed E-state index contributed by atoms with van der Waals surface area (Å²) in [5.74, 6) is 0.903. The van der Waals surface area contributed by atoms with Crippen LogP contribution in [0.25, 0.3) is 11.5 Å². The molecule has 0 aromatic carbocycles. The lowest BCUT2D eigenvalue weighted by molar-refractivity contribution is -0.232. The van der Waals surface area contributed by atoms with Gasteiger partial charge in [0.25, 0.3) is 0 Å². The van der Waals surface area contributed by atoms with E-state index in [9.17, 15) is 27.9 Å². The van der Waals surface area contributed by atoms with Gasteiger partial charge >= 0.3 is 18.1 Å². The molecule has 54 heavy (non-hydrogen) atoms. The molecule has 5 aliphatic carbocycles. The smallest absolute Gasteiger partial charge is 0.433 e. The first-order valence-electron chi connectivity index (χ1n) is 20.1. The van der Waals surface area contributed by atoms with E-state index in [4.69, 9.17) is 9.15 Å². The maximum Gasteiger partial charge on any atom is 0.433 e. The van der Waals surface area contributed by atoms with Crippen molar-refractivity contribution in [3.8, 4) is 11.5 Å². The molecule has 0 aliphatic heterocycles. The molecule has 2 heterocycles. The highest BCUT2D eigenvalue weighted by molar-refractivity contribution is 5.81. The average Bonchev–Trinajstić information content (AvgIpc) is 3.73. The maximum atomic E-state index is 13.2. The molecule has 0 bridgehead atoms. The number of nitrogens with zero attached hydrogens (tertiary/aromatic N) is 3. The van der Waals surface area contributed by atoms with E-state index in [2.05, 4.69) is 63.6 Å². The number of hydrogen-bond donors (Lipinski definition) is 1. The highest BCUT2D eigenvalue weighted by Crippen LogP contribution is 2.77. The number of carbonyl (C=O) groups excluding carboxylic acids is 1. The molecule has 8 atom stereocenters. The zero-order valence-electron chi connectivity index (χ0n) is 33.5. The third-order valence-corrected chi connectivity index (χ3v) is 16.2. The second-order valence-corrected chi connectivity index (χ2v) is 19.8. The van der Waals surface area contributed by atoms with Crippen LogP contribution in [-0.4, -0.2) is 38.3 Å². The number of alkyl halides is 3. The summed E-state index contributed by atoms with van der Waals surface area (Å²) in [6.07, 6.45) is 6.05. The molecule has 296 valence electrons. The van der Waals surface area contributed by atoms with Crippen molar-refractivity contribution < 1.29 is 37.0 Å². The van der Waals surface area contributed by atoms with Gasteiger partial charge in [0.2, 0.25) is 11.8 Å². The van der Waals surface area contributed by atoms with Gasteiger partial charge in [0, 0.05) is 11.6 Å². The van der Waals surface area contributed by atoms with Gasteiger partial charge in [-0.2, -0.15) is 13.2 Å². The van der Waals surface area contributed by atoms with Crippen molar-refractivity contribution in [3.05, 3.63) is 41.1 Å². The molecule has 4 saturated carbocycles. The summed E-state index contributed by atoms with van der Waals surface area (Å²) >= 11 is 0. The fraction of sp³-hybridized carbons (Fsp3) is 0.744. The van der Waals surface area contributed by atoms with Gasteiger partial charge in [-0.25, -0.2) is 0 Å². The van der Waals surface area contributed by atoms with Crippen molar-refractivity contribution in [1.29, 1.82) is 0 Å². The molecular weight excluding hydrogens is 695 g/mol. The molecule has 11 heteroatoms. The number of carboxylic acids is 1. The Morgan fingerprint density at radius 2 is 1.65 bits per heavy atom. The van der Waals surface area contributed by atoms with Gasteiger partial charge in [0.15, 0.2) is 0 Å². The number of hydrogen-bond acceptors (Lipinski definition) is 7. The zero-order chi connectivity index (χ0) is 39.4. The minimum absolute atomic E-state index is 0.0310. The first-order chi connectivity index (χ1) is 25.0. The third kappa shape index (κ3) is 5.69. The molecule has 2 aromatic rings. The minimum Gasteiger partial charge on any atom is -0.481 e. The van der Waals surface area contributed by atoms with Crippen LogP contribution in [0.15, 0.2) is 33.9 Å². The largest absolute Gasteiger partial charge is 0.481 e. The average molecular weight is 754 g/mol. The van der Waals surface area contributed by atoms with Crippen molar-refractivity contribution in [2.45, 2.75) is 151 Å². The topological polar surface area (TPSA) is 115 Å². The monoisotopic (exact) mass is 753 g/mol. The molecule has 0 spiro atoms. The van der Waals surface area contributed by atoms with Crippen LogP contribution in [0, 0.1) is 50.7 Å². The first kappa shape index (κ1) is 39.0. The predicted molar refractivity (Wildman–Crippen MR) is 197 cm³/mol. The van der Waals surface area contributed by atoms with Crippen molar-refractivity contribution in [2.24, 2.45) is 50.7 Å². The molecule has 4 fully saturated rings. The van der Waals surface area contributed by atoms with E-state index in [-0.39, 0.29) is 40.1 Å². The van der Waals surface area contributed by atoms with Crippen LogP contribution in [0.3, 0.4) is 0 Å². The van der Waals surface area contributed by atoms with Gasteiger partial charge in [-0.3, -0.25) is 14.6 Å². The molecule has 0 saturated heterocycles. The summed E-state index contributed by atoms with van der Waals surface area (Å²) in [4.78, 5) is 28.5. The molecule has 1 N–H and O–H groups in total. The summed E-state index contributed by atoms with van der Waals surface area (Å²) in [6.45, 7) is 19.9. The minimum atomic E-state index is -4.53. The van der Waals surface area contributed by atoms with Gasteiger partial charge in [-0.15, -0.1) is 10.2 Å². The number of ether oxygens (including phenoxy) is 1. The molecule has 5 aliphatic rings. The van der Waals surface area contributed by atoms with Crippen molar-refractivity contribution in [2.75, 3.05) is 0 Å². The molecular formula is C43H58F3N3O5. The van der Waals surface area contributed by atoms with Gasteiger partial charge in [-0.05, 0) is 130 Å². The number of fused-ring (bicyclic) bond motifs is 7. The maximum absolute atomic E-state index is 13.2. The number of allylic oxidation sites excluding steroid dienone is 2. The Labute approximate surface area is 317 Å². The van der Waals surface area contributed by atoms with Gasteiger partial charge in [-0.1, -0.05) is 59.6 Å². The van der Waals surface area contributed by atoms with E-state index in [0.717, 1.165) is 70.3 Å². The van der Waals surface area contributed by atoms with E-state index in [1.54, 1.807) is 13.8 Å². The number of halogens is 3. The predicted octanol–water partition coefficient (Wildman–Crippen LogP) is 10.6. The number of carboxylic acid groups (broad SMARTS) is 1. The molecule has 0 amide bonds. The summed E-state index contributed by atoms with van der Waals surface area (Å²) in [6, 6.07) is 2.31. The number of rotatable bonds is 7. The third-order valence-electron chi connectivity index (χ3n) is 16.2. The van der Waals surface area contributed by atoms with E-state index in [1.807, 2.05) is 0 Å². The Bertz CT molecular complexity index is 1850. The fourth-order valence-electron chi connectivity index (χ4n) is 13.0. The standard InChI is InChI=1S/C43H58F3N3O5/c1-24(2)26-14-19-42(35-49-48-34(54-35)25-10-13-30(47-23-25)43(44,45)46)21-20-40(8)27(33(26)42)11-12-29-39(7)17-16-31(53-32(50)22-37(3,4)36(51)52)38(5,6)28(39)15-18-41(29,40)9/h10,13,23-24,27-29,31H,11-12,14-22H2,1-9H3,(H,51,52)/t27-,28+,29-,31+,39+,40-,41-,42+/m1/s1. The Hall–Kier alpha value is -3.24. The first-order valence-corrected chi connectivity index (χ1v) is 20.1. The lowest BCUT2D eigenvalue weighted by atomic mass is 9.33. The van der Waals surface area contributed by atoms with E-state index in [1.165, 1.54) is 23.4 Å². The van der Waals surface area contributed by atoms with Crippen molar-refractivity contribution >= 4 is 11.9 Å². The van der Waals surface area contributed by atoms with Gasteiger partial charge in [0.1, 0.15) is 11.8 Å². The zero-order valence-corrected chi connectivity index (χ0v) is 33.5. The Balaban J connectivity index is 1.17. The molecule has 7 rings (SSSR count). The molecule has 0 unspecified atom stereocenters. The quantitative estimate of drug-likeness (QED) is 0.219. The highest BCUT2D eigenvalue weighted by Gasteiger charge is 2.70. The second kappa shape index (κ2) is 12.6. The summed E-state index contributed by atoms with van der Waals surface area (Å²) < 4.78 is 52.3. The van der Waals surface area contributed by atoms with Crippen LogP contribution in [0.4, 0.5) is 13.2 Å². The van der Waals surface area contributed by atoms with Crippen molar-refractivity contribution in [1.82, 2.24) is 15.2 Å². The summed E-state index contributed by atoms with van der Waals surface area (Å²) in [7, 11) is 0. The van der Waals surface area contributed by atoms with Crippen molar-refractivity contribution in [3.63, 3.8) is 0 Å². The SMILES string of the molecule is CC(C)C1=C2[C@H]3CC[C@@H]4[C@@]5(C)CC[C@H](OC(=O)CC(C)(C)C(=O)O)C(C)(C)[C@@H]5CC[C@@]4(C)[C@]3(C)CC[C@@]2(c2nnc(-c3ccc(C(F)(F)F)nc3)o2)CC1. The van der Waals surface area contributed by atoms with E-state index in [0.29, 0.717) is 35.1 Å². The Morgan fingerprint density at radius 3 is 2.28 bits per heavy atom. The Morgan fingerprint density at radius 1 is 0.926 bits per heavy atom. The Kier molecular flexibility index (Phi) is 9.13. The number of aliphatic carboxylic acids is 1. The van der Waals surface area contributed by atoms with E-state index < -0.39 is 34.6 Å². The van der Waals surface area contributed by atoms with E-state index >= 15 is 0 Å². The van der Waals surface area contributed by atoms with Crippen LogP contribution in [-0.2, 0) is 25.9 Å².